The van der Waals surface area contributed by atoms with Crippen LogP contribution in [0.3, 0.4) is 0 Å². The fourth-order valence-corrected chi connectivity index (χ4v) is 4.48. The summed E-state index contributed by atoms with van der Waals surface area (Å²) < 4.78 is 41.5. The number of rotatable bonds is 6. The second-order valence-electron chi connectivity index (χ2n) is 7.20. The molecule has 0 aliphatic carbocycles. The first-order valence-corrected chi connectivity index (χ1v) is 10.9. The number of hydrogen-bond donors (Lipinski definition) is 0. The molecule has 0 spiro atoms. The number of carbonyl (C=O) groups excluding carboxylic acids is 1. The van der Waals surface area contributed by atoms with Gasteiger partial charge < -0.3 is 4.57 Å². The van der Waals surface area contributed by atoms with Gasteiger partial charge in [-0.15, -0.1) is 0 Å². The van der Waals surface area contributed by atoms with Gasteiger partial charge in [-0.1, -0.05) is 22.9 Å². The summed E-state index contributed by atoms with van der Waals surface area (Å²) in [6.45, 7) is 2.83. The molecule has 4 rings (SSSR count). The molecule has 4 aromatic rings. The van der Waals surface area contributed by atoms with Gasteiger partial charge in [-0.25, -0.2) is 9.97 Å². The Morgan fingerprint density at radius 3 is 2.59 bits per heavy atom. The summed E-state index contributed by atoms with van der Waals surface area (Å²) in [4.78, 5) is 23.4. The van der Waals surface area contributed by atoms with Crippen LogP contribution in [0.2, 0.25) is 5.02 Å². The third-order valence-electron chi connectivity index (χ3n) is 5.03. The lowest BCUT2D eigenvalue weighted by atomic mass is 10.1. The van der Waals surface area contributed by atoms with Crippen molar-refractivity contribution in [2.45, 2.75) is 26.1 Å². The summed E-state index contributed by atoms with van der Waals surface area (Å²) in [5.74, 6) is -0.410. The first-order valence-electron chi connectivity index (χ1n) is 9.74. The molecular weight excluding hydrogens is 461 g/mol. The van der Waals surface area contributed by atoms with E-state index >= 15 is 0 Å². The maximum absolute atomic E-state index is 13.3. The molecule has 0 aliphatic rings. The van der Waals surface area contributed by atoms with Gasteiger partial charge >= 0.3 is 6.18 Å². The van der Waals surface area contributed by atoms with Crippen molar-refractivity contribution in [1.29, 1.82) is 0 Å². The number of aryl methyl sites for hydroxylation is 2. The van der Waals surface area contributed by atoms with E-state index in [-0.39, 0.29) is 5.56 Å². The first kappa shape index (κ1) is 22.3. The SMILES string of the molecule is Cc1c(Cl)ccc2sc(N(CCCn3ccnc3)C(=O)c3ccc(C(F)(F)F)cc3)nc12. The predicted octanol–water partition coefficient (Wildman–Crippen LogP) is 6.21. The summed E-state index contributed by atoms with van der Waals surface area (Å²) in [5, 5.41) is 1.05. The summed E-state index contributed by atoms with van der Waals surface area (Å²) in [5.41, 5.74) is 0.880. The summed E-state index contributed by atoms with van der Waals surface area (Å²) in [7, 11) is 0. The van der Waals surface area contributed by atoms with Gasteiger partial charge in [-0.3, -0.25) is 9.69 Å². The molecule has 0 N–H and O–H groups in total. The summed E-state index contributed by atoms with van der Waals surface area (Å²) in [6.07, 6.45) is 1.33. The van der Waals surface area contributed by atoms with Gasteiger partial charge in [0.2, 0.25) is 0 Å². The van der Waals surface area contributed by atoms with Gasteiger partial charge in [0, 0.05) is 36.1 Å². The van der Waals surface area contributed by atoms with Crippen molar-refractivity contribution in [3.05, 3.63) is 76.8 Å². The number of nitrogens with zero attached hydrogens (tertiary/aromatic N) is 4. The van der Waals surface area contributed by atoms with E-state index in [0.717, 1.165) is 22.4 Å². The molecule has 2 aromatic heterocycles. The van der Waals surface area contributed by atoms with Crippen LogP contribution >= 0.6 is 22.9 Å². The molecule has 0 fully saturated rings. The van der Waals surface area contributed by atoms with Crippen molar-refractivity contribution in [3.63, 3.8) is 0 Å². The number of thiazole rings is 1. The first-order chi connectivity index (χ1) is 15.2. The molecule has 5 nitrogen and oxygen atoms in total. The highest BCUT2D eigenvalue weighted by Crippen LogP contribution is 2.35. The van der Waals surface area contributed by atoms with Gasteiger partial charge in [-0.05, 0) is 55.3 Å². The number of carbonyl (C=O) groups is 1. The van der Waals surface area contributed by atoms with Gasteiger partial charge in [-0.2, -0.15) is 13.2 Å². The lowest BCUT2D eigenvalue weighted by Crippen LogP contribution is -2.32. The van der Waals surface area contributed by atoms with E-state index in [9.17, 15) is 18.0 Å². The topological polar surface area (TPSA) is 51.0 Å². The molecule has 0 saturated carbocycles. The molecule has 10 heteroatoms. The average Bonchev–Trinajstić information content (AvgIpc) is 3.43. The van der Waals surface area contributed by atoms with E-state index in [1.165, 1.54) is 28.4 Å². The Hall–Kier alpha value is -2.91. The highest BCUT2D eigenvalue weighted by Gasteiger charge is 2.31. The zero-order chi connectivity index (χ0) is 22.9. The maximum Gasteiger partial charge on any atom is 0.416 e. The quantitative estimate of drug-likeness (QED) is 0.331. The summed E-state index contributed by atoms with van der Waals surface area (Å²) in [6, 6.07) is 7.85. The van der Waals surface area contributed by atoms with Crippen LogP contribution in [0.4, 0.5) is 18.3 Å². The minimum absolute atomic E-state index is 0.162. The van der Waals surface area contributed by atoms with Crippen LogP contribution in [-0.4, -0.2) is 27.0 Å². The molecule has 0 radical (unpaired) electrons. The number of imidazole rings is 1. The van der Waals surface area contributed by atoms with E-state index in [1.807, 2.05) is 23.8 Å². The lowest BCUT2D eigenvalue weighted by Gasteiger charge is -2.20. The Balaban J connectivity index is 1.65. The number of anilines is 1. The number of amides is 1. The van der Waals surface area contributed by atoms with Crippen molar-refractivity contribution in [1.82, 2.24) is 14.5 Å². The van der Waals surface area contributed by atoms with E-state index in [2.05, 4.69) is 9.97 Å². The van der Waals surface area contributed by atoms with Crippen molar-refractivity contribution in [3.8, 4) is 0 Å². The fraction of sp³-hybridized carbons (Fsp3) is 0.227. The number of alkyl halides is 3. The predicted molar refractivity (Wildman–Crippen MR) is 119 cm³/mol. The van der Waals surface area contributed by atoms with Crippen LogP contribution in [0, 0.1) is 6.92 Å². The number of aromatic nitrogens is 3. The Morgan fingerprint density at radius 1 is 1.19 bits per heavy atom. The molecule has 2 aromatic carbocycles. The highest BCUT2D eigenvalue weighted by atomic mass is 35.5. The Morgan fingerprint density at radius 2 is 1.94 bits per heavy atom. The zero-order valence-electron chi connectivity index (χ0n) is 16.9. The third-order valence-corrected chi connectivity index (χ3v) is 6.48. The van der Waals surface area contributed by atoms with Crippen LogP contribution in [0.15, 0.2) is 55.1 Å². The van der Waals surface area contributed by atoms with Gasteiger partial charge in [0.15, 0.2) is 5.13 Å². The van der Waals surface area contributed by atoms with Crippen LogP contribution in [0.25, 0.3) is 10.2 Å². The van der Waals surface area contributed by atoms with Crippen LogP contribution in [-0.2, 0) is 12.7 Å². The summed E-state index contributed by atoms with van der Waals surface area (Å²) >= 11 is 7.55. The number of hydrogen-bond acceptors (Lipinski definition) is 4. The lowest BCUT2D eigenvalue weighted by molar-refractivity contribution is -0.137. The molecule has 2 heterocycles. The molecular formula is C22H18ClF3N4OS. The monoisotopic (exact) mass is 478 g/mol. The van der Waals surface area contributed by atoms with Crippen LogP contribution in [0.1, 0.15) is 27.9 Å². The highest BCUT2D eigenvalue weighted by molar-refractivity contribution is 7.22. The number of fused-ring (bicyclic) bond motifs is 1. The van der Waals surface area contributed by atoms with Crippen molar-refractivity contribution in [2.75, 3.05) is 11.4 Å². The molecule has 0 saturated heterocycles. The van der Waals surface area contributed by atoms with E-state index in [0.29, 0.717) is 35.2 Å². The molecule has 0 aliphatic heterocycles. The Kier molecular flexibility index (Phi) is 6.21. The van der Waals surface area contributed by atoms with E-state index in [4.69, 9.17) is 11.6 Å². The number of halogens is 4. The second kappa shape index (κ2) is 8.91. The second-order valence-corrected chi connectivity index (χ2v) is 8.62. The van der Waals surface area contributed by atoms with E-state index < -0.39 is 17.6 Å². The van der Waals surface area contributed by atoms with Crippen molar-refractivity contribution >= 4 is 44.2 Å². The zero-order valence-corrected chi connectivity index (χ0v) is 18.5. The van der Waals surface area contributed by atoms with Crippen molar-refractivity contribution in [2.24, 2.45) is 0 Å². The van der Waals surface area contributed by atoms with Gasteiger partial charge in [0.1, 0.15) is 0 Å². The molecule has 0 unspecified atom stereocenters. The number of benzene rings is 2. The smallest absolute Gasteiger partial charge is 0.337 e. The van der Waals surface area contributed by atoms with Gasteiger partial charge in [0.05, 0.1) is 22.1 Å². The molecule has 32 heavy (non-hydrogen) atoms. The standard InChI is InChI=1S/C22H18ClF3N4OS/c1-14-17(23)7-8-18-19(14)28-21(32-18)30(11-2-10-29-12-9-27-13-29)20(31)15-3-5-16(6-4-15)22(24,25)26/h3-9,12-13H,2,10-11H2,1H3. The van der Waals surface area contributed by atoms with Crippen LogP contribution in [0.5, 0.6) is 0 Å². The fourth-order valence-electron chi connectivity index (χ4n) is 3.28. The van der Waals surface area contributed by atoms with Gasteiger partial charge in [0.25, 0.3) is 5.91 Å². The maximum atomic E-state index is 13.3. The molecule has 166 valence electrons. The minimum atomic E-state index is -4.46. The molecule has 0 bridgehead atoms. The van der Waals surface area contributed by atoms with E-state index in [1.54, 1.807) is 18.6 Å². The normalized spacial score (nSPS) is 11.8. The Labute approximate surface area is 191 Å². The third kappa shape index (κ3) is 4.63. The average molecular weight is 479 g/mol. The van der Waals surface area contributed by atoms with Crippen LogP contribution < -0.4 is 4.90 Å². The molecule has 0 atom stereocenters. The van der Waals surface area contributed by atoms with Crippen molar-refractivity contribution < 1.29 is 18.0 Å². The largest absolute Gasteiger partial charge is 0.416 e. The minimum Gasteiger partial charge on any atom is -0.337 e. The Bertz CT molecular complexity index is 1240. The molecule has 1 amide bonds.